The zero-order chi connectivity index (χ0) is 20.1. The Hall–Kier alpha value is -3.35. The molecule has 146 valence electrons. The number of benzene rings is 2. The molecule has 0 spiro atoms. The third-order valence-corrected chi connectivity index (χ3v) is 4.60. The number of carbonyl (C=O) groups excluding carboxylic acids is 3. The molecule has 1 saturated heterocycles. The van der Waals surface area contributed by atoms with Gasteiger partial charge in [0.2, 0.25) is 11.8 Å². The van der Waals surface area contributed by atoms with Crippen molar-refractivity contribution in [3.05, 3.63) is 54.1 Å². The van der Waals surface area contributed by atoms with Crippen molar-refractivity contribution < 1.29 is 19.1 Å². The quantitative estimate of drug-likeness (QED) is 0.802. The summed E-state index contributed by atoms with van der Waals surface area (Å²) >= 11 is 0. The SMILES string of the molecule is CNC(=O)[C@@H]1CC(=O)N(c2ccc(OCC(=O)Nc3ccc(C)cc3)cc2)C1. The molecule has 2 aromatic rings. The summed E-state index contributed by atoms with van der Waals surface area (Å²) in [6, 6.07) is 14.4. The van der Waals surface area contributed by atoms with Crippen LogP contribution in [0, 0.1) is 12.8 Å². The molecular weight excluding hydrogens is 358 g/mol. The van der Waals surface area contributed by atoms with Gasteiger partial charge in [-0.05, 0) is 43.3 Å². The number of rotatable bonds is 6. The molecule has 1 fully saturated rings. The van der Waals surface area contributed by atoms with E-state index in [9.17, 15) is 14.4 Å². The van der Waals surface area contributed by atoms with Gasteiger partial charge in [0.15, 0.2) is 6.61 Å². The summed E-state index contributed by atoms with van der Waals surface area (Å²) in [5, 5.41) is 5.35. The van der Waals surface area contributed by atoms with Crippen LogP contribution in [0.1, 0.15) is 12.0 Å². The molecule has 7 heteroatoms. The minimum atomic E-state index is -0.334. The maximum atomic E-state index is 12.2. The van der Waals surface area contributed by atoms with Crippen molar-refractivity contribution in [2.75, 3.05) is 30.4 Å². The highest BCUT2D eigenvalue weighted by Crippen LogP contribution is 2.27. The lowest BCUT2D eigenvalue weighted by atomic mass is 10.1. The summed E-state index contributed by atoms with van der Waals surface area (Å²) in [7, 11) is 1.57. The second-order valence-corrected chi connectivity index (χ2v) is 6.72. The van der Waals surface area contributed by atoms with Gasteiger partial charge in [-0.25, -0.2) is 0 Å². The number of hydrogen-bond donors (Lipinski definition) is 2. The van der Waals surface area contributed by atoms with Crippen molar-refractivity contribution in [3.8, 4) is 5.75 Å². The molecule has 0 aromatic heterocycles. The van der Waals surface area contributed by atoms with Crippen LogP contribution in [-0.2, 0) is 14.4 Å². The van der Waals surface area contributed by atoms with Gasteiger partial charge in [-0.1, -0.05) is 17.7 Å². The van der Waals surface area contributed by atoms with Crippen LogP contribution < -0.4 is 20.3 Å². The van der Waals surface area contributed by atoms with Gasteiger partial charge in [-0.15, -0.1) is 0 Å². The lowest BCUT2D eigenvalue weighted by Gasteiger charge is -2.17. The average Bonchev–Trinajstić information content (AvgIpc) is 3.09. The summed E-state index contributed by atoms with van der Waals surface area (Å²) in [4.78, 5) is 37.5. The van der Waals surface area contributed by atoms with E-state index in [4.69, 9.17) is 4.74 Å². The monoisotopic (exact) mass is 381 g/mol. The van der Waals surface area contributed by atoms with Crippen molar-refractivity contribution in [3.63, 3.8) is 0 Å². The fourth-order valence-electron chi connectivity index (χ4n) is 3.04. The van der Waals surface area contributed by atoms with E-state index in [-0.39, 0.29) is 36.7 Å². The zero-order valence-electron chi connectivity index (χ0n) is 15.9. The minimum Gasteiger partial charge on any atom is -0.484 e. The van der Waals surface area contributed by atoms with E-state index in [0.29, 0.717) is 23.7 Å². The van der Waals surface area contributed by atoms with Gasteiger partial charge in [-0.2, -0.15) is 0 Å². The van der Waals surface area contributed by atoms with Crippen LogP contribution in [0.2, 0.25) is 0 Å². The fourth-order valence-corrected chi connectivity index (χ4v) is 3.04. The molecule has 3 rings (SSSR count). The van der Waals surface area contributed by atoms with Crippen LogP contribution >= 0.6 is 0 Å². The van der Waals surface area contributed by atoms with Crippen molar-refractivity contribution in [1.82, 2.24) is 5.32 Å². The molecule has 0 unspecified atom stereocenters. The van der Waals surface area contributed by atoms with Gasteiger partial charge < -0.3 is 20.3 Å². The normalized spacial score (nSPS) is 16.0. The Morgan fingerprint density at radius 3 is 2.43 bits per heavy atom. The lowest BCUT2D eigenvalue weighted by molar-refractivity contribution is -0.125. The number of hydrogen-bond acceptors (Lipinski definition) is 4. The first-order valence-electron chi connectivity index (χ1n) is 9.07. The molecule has 2 aromatic carbocycles. The summed E-state index contributed by atoms with van der Waals surface area (Å²) in [5.74, 6) is -0.276. The molecule has 28 heavy (non-hydrogen) atoms. The standard InChI is InChI=1S/C21H23N3O4/c1-14-3-5-16(6-4-14)23-19(25)13-28-18-9-7-17(8-10-18)24-12-15(11-20(24)26)21(27)22-2/h3-10,15H,11-13H2,1-2H3,(H,22,27)(H,23,25)/t15-/m1/s1. The first kappa shape index (κ1) is 19.4. The Morgan fingerprint density at radius 2 is 1.79 bits per heavy atom. The summed E-state index contributed by atoms with van der Waals surface area (Å²) in [6.45, 7) is 2.22. The highest BCUT2D eigenvalue weighted by Gasteiger charge is 2.34. The van der Waals surface area contributed by atoms with E-state index in [0.717, 1.165) is 5.56 Å². The van der Waals surface area contributed by atoms with Gasteiger partial charge in [-0.3, -0.25) is 14.4 Å². The van der Waals surface area contributed by atoms with Gasteiger partial charge >= 0.3 is 0 Å². The molecule has 1 aliphatic heterocycles. The van der Waals surface area contributed by atoms with Crippen molar-refractivity contribution in [2.45, 2.75) is 13.3 Å². The van der Waals surface area contributed by atoms with Crippen LogP contribution in [0.4, 0.5) is 11.4 Å². The van der Waals surface area contributed by atoms with E-state index >= 15 is 0 Å². The predicted octanol–water partition coefficient (Wildman–Crippen LogP) is 2.11. The highest BCUT2D eigenvalue weighted by molar-refractivity contribution is 6.00. The largest absolute Gasteiger partial charge is 0.484 e. The van der Waals surface area contributed by atoms with E-state index in [1.807, 2.05) is 31.2 Å². The average molecular weight is 381 g/mol. The number of ether oxygens (including phenoxy) is 1. The first-order valence-corrected chi connectivity index (χ1v) is 9.07. The molecule has 1 aliphatic rings. The fraction of sp³-hybridized carbons (Fsp3) is 0.286. The smallest absolute Gasteiger partial charge is 0.262 e. The second kappa shape index (κ2) is 8.56. The van der Waals surface area contributed by atoms with E-state index in [1.165, 1.54) is 0 Å². The van der Waals surface area contributed by atoms with Crippen LogP contribution in [0.25, 0.3) is 0 Å². The molecule has 0 radical (unpaired) electrons. The van der Waals surface area contributed by atoms with Crippen molar-refractivity contribution in [2.24, 2.45) is 5.92 Å². The van der Waals surface area contributed by atoms with Crippen molar-refractivity contribution >= 4 is 29.1 Å². The lowest BCUT2D eigenvalue weighted by Crippen LogP contribution is -2.30. The topological polar surface area (TPSA) is 87.7 Å². The molecule has 0 aliphatic carbocycles. The van der Waals surface area contributed by atoms with Crippen LogP contribution in [-0.4, -0.2) is 37.9 Å². The maximum absolute atomic E-state index is 12.2. The third kappa shape index (κ3) is 4.68. The third-order valence-electron chi connectivity index (χ3n) is 4.60. The summed E-state index contributed by atoms with van der Waals surface area (Å²) < 4.78 is 5.51. The Labute approximate surface area is 163 Å². The number of carbonyl (C=O) groups is 3. The first-order chi connectivity index (χ1) is 13.5. The molecule has 3 amide bonds. The Kier molecular flexibility index (Phi) is 5.93. The maximum Gasteiger partial charge on any atom is 0.262 e. The van der Waals surface area contributed by atoms with Gasteiger partial charge in [0, 0.05) is 31.4 Å². The Morgan fingerprint density at radius 1 is 1.11 bits per heavy atom. The van der Waals surface area contributed by atoms with E-state index in [1.54, 1.807) is 36.2 Å². The molecule has 0 saturated carbocycles. The zero-order valence-corrected chi connectivity index (χ0v) is 15.9. The molecule has 1 atom stereocenters. The van der Waals surface area contributed by atoms with Gasteiger partial charge in [0.1, 0.15) is 5.75 Å². The van der Waals surface area contributed by atoms with Gasteiger partial charge in [0.25, 0.3) is 5.91 Å². The van der Waals surface area contributed by atoms with Crippen LogP contribution in [0.5, 0.6) is 5.75 Å². The predicted molar refractivity (Wildman–Crippen MR) is 106 cm³/mol. The number of nitrogens with one attached hydrogen (secondary N) is 2. The highest BCUT2D eigenvalue weighted by atomic mass is 16.5. The minimum absolute atomic E-state index is 0.0836. The molecule has 1 heterocycles. The summed E-state index contributed by atoms with van der Waals surface area (Å²) in [5.41, 5.74) is 2.54. The Balaban J connectivity index is 1.53. The van der Waals surface area contributed by atoms with E-state index in [2.05, 4.69) is 10.6 Å². The summed E-state index contributed by atoms with van der Waals surface area (Å²) in [6.07, 6.45) is 0.205. The molecular formula is C21H23N3O4. The van der Waals surface area contributed by atoms with Crippen LogP contribution in [0.15, 0.2) is 48.5 Å². The number of nitrogens with zero attached hydrogens (tertiary/aromatic N) is 1. The number of anilines is 2. The number of amides is 3. The van der Waals surface area contributed by atoms with Crippen LogP contribution in [0.3, 0.4) is 0 Å². The second-order valence-electron chi connectivity index (χ2n) is 6.72. The van der Waals surface area contributed by atoms with Crippen molar-refractivity contribution in [1.29, 1.82) is 0 Å². The van der Waals surface area contributed by atoms with Gasteiger partial charge in [0.05, 0.1) is 5.92 Å². The molecule has 0 bridgehead atoms. The molecule has 2 N–H and O–H groups in total. The number of aryl methyl sites for hydroxylation is 1. The van der Waals surface area contributed by atoms with E-state index < -0.39 is 0 Å². The molecule has 7 nitrogen and oxygen atoms in total. The Bertz CT molecular complexity index is 862.